The van der Waals surface area contributed by atoms with Crippen molar-refractivity contribution in [1.82, 2.24) is 9.88 Å². The monoisotopic (exact) mass is 298 g/mol. The zero-order chi connectivity index (χ0) is 14.9. The molecule has 0 radical (unpaired) electrons. The Morgan fingerprint density at radius 2 is 2.25 bits per heavy atom. The van der Waals surface area contributed by atoms with Crippen LogP contribution in [0.15, 0.2) is 12.3 Å². The maximum absolute atomic E-state index is 12.3. The first kappa shape index (κ1) is 15.1. The summed E-state index contributed by atoms with van der Waals surface area (Å²) in [4.78, 5) is 18.2. The van der Waals surface area contributed by atoms with Gasteiger partial charge in [0.25, 0.3) is 0 Å². The number of carbonyl (C=O) groups excluding carboxylic acids is 1. The van der Waals surface area contributed by atoms with Gasteiger partial charge in [-0.3, -0.25) is 9.88 Å². The second kappa shape index (κ2) is 5.58. The number of carbonyl (C=O) groups is 1. The van der Waals surface area contributed by atoms with E-state index in [0.717, 1.165) is 11.3 Å². The molecule has 110 valence electrons. The molecule has 5 nitrogen and oxygen atoms in total. The zero-order valence-electron chi connectivity index (χ0n) is 12.1. The molecule has 1 aromatic rings. The summed E-state index contributed by atoms with van der Waals surface area (Å²) in [5.74, 6) is 0. The van der Waals surface area contributed by atoms with Crippen LogP contribution in [0.2, 0.25) is 5.02 Å². The zero-order valence-corrected chi connectivity index (χ0v) is 12.9. The summed E-state index contributed by atoms with van der Waals surface area (Å²) in [6.45, 7) is 6.34. The summed E-state index contributed by atoms with van der Waals surface area (Å²) in [6, 6.07) is 1.60. The molecule has 1 aliphatic heterocycles. The molecule has 6 heteroatoms. The second-order valence-electron chi connectivity index (χ2n) is 5.78. The fourth-order valence-corrected chi connectivity index (χ4v) is 2.38. The van der Waals surface area contributed by atoms with Gasteiger partial charge in [0.1, 0.15) is 11.6 Å². The molecule has 0 aromatic carbocycles. The lowest BCUT2D eigenvalue weighted by Gasteiger charge is -2.28. The number of hydrogen-bond donors (Lipinski definition) is 0. The fourth-order valence-electron chi connectivity index (χ4n) is 2.20. The van der Waals surface area contributed by atoms with Crippen molar-refractivity contribution >= 4 is 17.7 Å². The van der Waals surface area contributed by atoms with Gasteiger partial charge in [0.05, 0.1) is 23.9 Å². The first-order chi connectivity index (χ1) is 9.31. The van der Waals surface area contributed by atoms with Crippen LogP contribution in [0.5, 0.6) is 0 Å². The van der Waals surface area contributed by atoms with E-state index >= 15 is 0 Å². The molecule has 0 bridgehead atoms. The number of aromatic nitrogens is 1. The van der Waals surface area contributed by atoms with Crippen molar-refractivity contribution in [2.24, 2.45) is 0 Å². The van der Waals surface area contributed by atoms with Gasteiger partial charge in [0.2, 0.25) is 0 Å². The van der Waals surface area contributed by atoms with Crippen LogP contribution in [0.25, 0.3) is 0 Å². The average Bonchev–Trinajstić information content (AvgIpc) is 2.66. The van der Waals surface area contributed by atoms with Gasteiger partial charge in [0, 0.05) is 13.3 Å². The Morgan fingerprint density at radius 3 is 2.85 bits per heavy atom. The highest BCUT2D eigenvalue weighted by atomic mass is 35.5. The molecular formula is C14H19ClN2O3. The van der Waals surface area contributed by atoms with Crippen LogP contribution in [-0.4, -0.2) is 35.3 Å². The summed E-state index contributed by atoms with van der Waals surface area (Å²) in [5, 5.41) is 0.561. The second-order valence-corrected chi connectivity index (χ2v) is 6.21. The quantitative estimate of drug-likeness (QED) is 0.841. The number of rotatable bonds is 2. The number of fused-ring (bicyclic) bond motifs is 1. The van der Waals surface area contributed by atoms with Crippen molar-refractivity contribution < 1.29 is 14.3 Å². The Morgan fingerprint density at radius 1 is 1.55 bits per heavy atom. The molecule has 0 saturated carbocycles. The largest absolute Gasteiger partial charge is 0.444 e. The summed E-state index contributed by atoms with van der Waals surface area (Å²) in [7, 11) is 1.60. The summed E-state index contributed by atoms with van der Waals surface area (Å²) in [5.41, 5.74) is 1.22. The number of methoxy groups -OCH3 is 1. The minimum Gasteiger partial charge on any atom is -0.444 e. The van der Waals surface area contributed by atoms with E-state index in [4.69, 9.17) is 21.1 Å². The molecule has 0 unspecified atom stereocenters. The number of nitrogens with zero attached hydrogens (tertiary/aromatic N) is 2. The summed E-state index contributed by atoms with van der Waals surface area (Å²) < 4.78 is 10.6. The summed E-state index contributed by atoms with van der Waals surface area (Å²) in [6.07, 6.45) is 1.22. The normalized spacial score (nSPS) is 18.1. The van der Waals surface area contributed by atoms with E-state index in [2.05, 4.69) is 4.98 Å². The molecule has 0 saturated heterocycles. The molecule has 0 spiro atoms. The van der Waals surface area contributed by atoms with Gasteiger partial charge in [-0.05, 0) is 32.4 Å². The van der Waals surface area contributed by atoms with Crippen molar-refractivity contribution in [2.45, 2.75) is 39.0 Å². The third-order valence-electron chi connectivity index (χ3n) is 2.95. The van der Waals surface area contributed by atoms with Crippen LogP contribution < -0.4 is 0 Å². The van der Waals surface area contributed by atoms with Crippen molar-refractivity contribution in [2.75, 3.05) is 13.7 Å². The van der Waals surface area contributed by atoms with Crippen molar-refractivity contribution in [3.05, 3.63) is 28.5 Å². The fraction of sp³-hybridized carbons (Fsp3) is 0.571. The predicted octanol–water partition coefficient (Wildman–Crippen LogP) is 3.17. The lowest BCUT2D eigenvalue weighted by molar-refractivity contribution is 0.00744. The highest BCUT2D eigenvalue weighted by Crippen LogP contribution is 2.34. The molecule has 1 aromatic heterocycles. The molecule has 1 atom stereocenters. The van der Waals surface area contributed by atoms with Crippen molar-refractivity contribution in [1.29, 1.82) is 0 Å². The molecule has 0 fully saturated rings. The molecule has 20 heavy (non-hydrogen) atoms. The molecule has 2 rings (SSSR count). The number of amides is 1. The van der Waals surface area contributed by atoms with Gasteiger partial charge >= 0.3 is 6.09 Å². The standard InChI is InChI=1S/C14H19ClN2O3/c1-14(2,3)20-13(18)17-7-9-5-10(15)6-16-12(9)11(17)8-19-4/h5-6,11H,7-8H2,1-4H3/t11-/m0/s1. The highest BCUT2D eigenvalue weighted by molar-refractivity contribution is 6.30. The molecule has 0 aliphatic carbocycles. The maximum atomic E-state index is 12.3. The van der Waals surface area contributed by atoms with Gasteiger partial charge in [0.15, 0.2) is 0 Å². The molecule has 1 aliphatic rings. The maximum Gasteiger partial charge on any atom is 0.411 e. The molecule has 2 heterocycles. The van der Waals surface area contributed by atoms with Gasteiger partial charge in [-0.2, -0.15) is 0 Å². The minimum atomic E-state index is -0.533. The van der Waals surface area contributed by atoms with Crippen molar-refractivity contribution in [3.8, 4) is 0 Å². The van der Waals surface area contributed by atoms with Gasteiger partial charge < -0.3 is 9.47 Å². The van der Waals surface area contributed by atoms with E-state index in [0.29, 0.717) is 18.2 Å². The number of hydrogen-bond acceptors (Lipinski definition) is 4. The van der Waals surface area contributed by atoms with Crippen LogP contribution in [0, 0.1) is 0 Å². The van der Waals surface area contributed by atoms with E-state index in [1.54, 1.807) is 18.2 Å². The van der Waals surface area contributed by atoms with Gasteiger partial charge in [-0.1, -0.05) is 11.6 Å². The Bertz CT molecular complexity index is 514. The smallest absolute Gasteiger partial charge is 0.411 e. The summed E-state index contributed by atoms with van der Waals surface area (Å²) >= 11 is 5.95. The Hall–Kier alpha value is -1.33. The van der Waals surface area contributed by atoms with Crippen LogP contribution in [0.4, 0.5) is 4.79 Å². The minimum absolute atomic E-state index is 0.234. The molecule has 0 N–H and O–H groups in total. The first-order valence-corrected chi connectivity index (χ1v) is 6.82. The third-order valence-corrected chi connectivity index (χ3v) is 3.16. The third kappa shape index (κ3) is 3.22. The lowest BCUT2D eigenvalue weighted by Crippen LogP contribution is -2.37. The first-order valence-electron chi connectivity index (χ1n) is 6.44. The molecular weight excluding hydrogens is 280 g/mol. The van der Waals surface area contributed by atoms with Crippen LogP contribution in [0.3, 0.4) is 0 Å². The Kier molecular flexibility index (Phi) is 4.20. The van der Waals surface area contributed by atoms with Gasteiger partial charge in [-0.15, -0.1) is 0 Å². The van der Waals surface area contributed by atoms with E-state index in [9.17, 15) is 4.79 Å². The van der Waals surface area contributed by atoms with E-state index in [1.807, 2.05) is 26.8 Å². The lowest BCUT2D eigenvalue weighted by atomic mass is 10.1. The Balaban J connectivity index is 2.25. The van der Waals surface area contributed by atoms with Gasteiger partial charge in [-0.25, -0.2) is 4.79 Å². The van der Waals surface area contributed by atoms with Crippen LogP contribution >= 0.6 is 11.6 Å². The predicted molar refractivity (Wildman–Crippen MR) is 75.6 cm³/mol. The number of halogens is 1. The average molecular weight is 299 g/mol. The topological polar surface area (TPSA) is 51.7 Å². The highest BCUT2D eigenvalue weighted by Gasteiger charge is 2.37. The Labute approximate surface area is 123 Å². The van der Waals surface area contributed by atoms with E-state index in [-0.39, 0.29) is 12.1 Å². The number of ether oxygens (including phenoxy) is 2. The van der Waals surface area contributed by atoms with Crippen molar-refractivity contribution in [3.63, 3.8) is 0 Å². The number of pyridine rings is 1. The van der Waals surface area contributed by atoms with Crippen LogP contribution in [0.1, 0.15) is 38.1 Å². The van der Waals surface area contributed by atoms with Crippen LogP contribution in [-0.2, 0) is 16.0 Å². The van der Waals surface area contributed by atoms with E-state index < -0.39 is 5.60 Å². The van der Waals surface area contributed by atoms with E-state index in [1.165, 1.54) is 0 Å². The molecule has 1 amide bonds. The SMILES string of the molecule is COC[C@H]1c2ncc(Cl)cc2CN1C(=O)OC(C)(C)C.